The quantitative estimate of drug-likeness (QED) is 0.490. The minimum Gasteiger partial charge on any atom is -0.329 e. The largest absolute Gasteiger partial charge is 0.329 e. The van der Waals surface area contributed by atoms with Crippen LogP contribution in [0.4, 0.5) is 0 Å². The van der Waals surface area contributed by atoms with Crippen molar-refractivity contribution in [2.45, 2.75) is 30.4 Å². The van der Waals surface area contributed by atoms with Gasteiger partial charge >= 0.3 is 0 Å². The van der Waals surface area contributed by atoms with E-state index in [4.69, 9.17) is 0 Å². The van der Waals surface area contributed by atoms with Crippen LogP contribution in [0.3, 0.4) is 0 Å². The van der Waals surface area contributed by atoms with E-state index in [2.05, 4.69) is 13.8 Å². The molecule has 2 aliphatic heterocycles. The predicted octanol–water partition coefficient (Wildman–Crippen LogP) is 1.07. The lowest BCUT2D eigenvalue weighted by Gasteiger charge is -2.32. The highest BCUT2D eigenvalue weighted by atomic mass is 32.2. The molecule has 0 spiro atoms. The molecule has 2 rings (SSSR count). The molecule has 2 fully saturated rings. The Kier molecular flexibility index (Phi) is 1.11. The molecule has 0 unspecified atom stereocenters. The SMILES string of the molecule is CC1(C)CN2C(=O)C[C@H]2S1. The highest BCUT2D eigenvalue weighted by Crippen LogP contribution is 2.45. The van der Waals surface area contributed by atoms with Crippen LogP contribution in [0.1, 0.15) is 20.3 Å². The standard InChI is InChI=1S/C7H11NOS/c1-7(2)4-8-5(9)3-6(8)10-7/h6H,3-4H2,1-2H3/t6-/m1/s1. The summed E-state index contributed by atoms with van der Waals surface area (Å²) in [5.41, 5.74) is 0. The van der Waals surface area contributed by atoms with Crippen LogP contribution in [0.2, 0.25) is 0 Å². The molecule has 10 heavy (non-hydrogen) atoms. The summed E-state index contributed by atoms with van der Waals surface area (Å²) in [4.78, 5) is 12.9. The van der Waals surface area contributed by atoms with E-state index in [1.165, 1.54) is 0 Å². The molecule has 1 amide bonds. The van der Waals surface area contributed by atoms with E-state index < -0.39 is 0 Å². The first-order valence-corrected chi connectivity index (χ1v) is 4.44. The first-order valence-electron chi connectivity index (χ1n) is 3.56. The van der Waals surface area contributed by atoms with Crippen LogP contribution in [-0.4, -0.2) is 27.5 Å². The van der Waals surface area contributed by atoms with Crippen molar-refractivity contribution in [2.75, 3.05) is 6.54 Å². The Labute approximate surface area is 65.0 Å². The van der Waals surface area contributed by atoms with Crippen molar-refractivity contribution in [3.05, 3.63) is 0 Å². The fraction of sp³-hybridized carbons (Fsp3) is 0.857. The minimum atomic E-state index is 0.302. The minimum absolute atomic E-state index is 0.302. The Hall–Kier alpha value is -0.180. The van der Waals surface area contributed by atoms with Crippen LogP contribution in [0.5, 0.6) is 0 Å². The molecule has 0 aromatic rings. The first kappa shape index (κ1) is 6.53. The molecule has 0 aromatic carbocycles. The molecular weight excluding hydrogens is 146 g/mol. The van der Waals surface area contributed by atoms with E-state index in [0.29, 0.717) is 16.0 Å². The molecular formula is C7H11NOS. The van der Waals surface area contributed by atoms with Gasteiger partial charge in [-0.15, -0.1) is 11.8 Å². The van der Waals surface area contributed by atoms with Gasteiger partial charge in [-0.2, -0.15) is 0 Å². The van der Waals surface area contributed by atoms with E-state index in [1.54, 1.807) is 0 Å². The molecule has 0 radical (unpaired) electrons. The number of nitrogens with zero attached hydrogens (tertiary/aromatic N) is 1. The van der Waals surface area contributed by atoms with E-state index in [0.717, 1.165) is 13.0 Å². The second-order valence-corrected chi connectivity index (χ2v) is 5.44. The molecule has 1 atom stereocenters. The lowest BCUT2D eigenvalue weighted by molar-refractivity contribution is -0.140. The van der Waals surface area contributed by atoms with Crippen molar-refractivity contribution in [2.24, 2.45) is 0 Å². The summed E-state index contributed by atoms with van der Waals surface area (Å²) in [6, 6.07) is 0. The van der Waals surface area contributed by atoms with Crippen molar-refractivity contribution in [3.8, 4) is 0 Å². The molecule has 2 heterocycles. The Morgan fingerprint density at radius 2 is 2.40 bits per heavy atom. The highest BCUT2D eigenvalue weighted by Gasteiger charge is 2.48. The van der Waals surface area contributed by atoms with Crippen molar-refractivity contribution in [1.29, 1.82) is 0 Å². The molecule has 3 heteroatoms. The zero-order valence-electron chi connectivity index (χ0n) is 6.26. The number of thioether (sulfide) groups is 1. The topological polar surface area (TPSA) is 20.3 Å². The van der Waals surface area contributed by atoms with Crippen LogP contribution in [0.25, 0.3) is 0 Å². The van der Waals surface area contributed by atoms with Gasteiger partial charge in [-0.25, -0.2) is 0 Å². The van der Waals surface area contributed by atoms with Crippen molar-refractivity contribution >= 4 is 17.7 Å². The van der Waals surface area contributed by atoms with Gasteiger partial charge in [0.05, 0.1) is 11.8 Å². The van der Waals surface area contributed by atoms with Gasteiger partial charge in [-0.3, -0.25) is 4.79 Å². The van der Waals surface area contributed by atoms with Gasteiger partial charge in [-0.1, -0.05) is 0 Å². The Bertz CT molecular complexity index is 190. The number of hydrogen-bond donors (Lipinski definition) is 0. The average Bonchev–Trinajstić information content (AvgIpc) is 2.04. The van der Waals surface area contributed by atoms with E-state index in [9.17, 15) is 4.79 Å². The zero-order chi connectivity index (χ0) is 7.35. The number of carbonyl (C=O) groups excluding carboxylic acids is 1. The first-order chi connectivity index (χ1) is 4.58. The maximum atomic E-state index is 10.9. The molecule has 2 aliphatic rings. The molecule has 2 saturated heterocycles. The third-order valence-corrected chi connectivity index (χ3v) is 3.48. The van der Waals surface area contributed by atoms with Gasteiger partial charge < -0.3 is 4.90 Å². The normalized spacial score (nSPS) is 35.6. The summed E-state index contributed by atoms with van der Waals surface area (Å²) in [6.07, 6.45) is 0.772. The summed E-state index contributed by atoms with van der Waals surface area (Å²) < 4.78 is 0.302. The highest BCUT2D eigenvalue weighted by molar-refractivity contribution is 8.01. The summed E-state index contributed by atoms with van der Waals surface area (Å²) in [5.74, 6) is 0.336. The lowest BCUT2D eigenvalue weighted by Crippen LogP contribution is -2.47. The number of amides is 1. The molecule has 0 N–H and O–H groups in total. The van der Waals surface area contributed by atoms with Gasteiger partial charge in [-0.05, 0) is 13.8 Å². The smallest absolute Gasteiger partial charge is 0.226 e. The molecule has 0 aromatic heterocycles. The van der Waals surface area contributed by atoms with Crippen LogP contribution in [0, 0.1) is 0 Å². The monoisotopic (exact) mass is 157 g/mol. The molecule has 56 valence electrons. The lowest BCUT2D eigenvalue weighted by atomic mass is 10.1. The summed E-state index contributed by atoms with van der Waals surface area (Å²) >= 11 is 1.93. The summed E-state index contributed by atoms with van der Waals surface area (Å²) in [7, 11) is 0. The second kappa shape index (κ2) is 1.70. The average molecular weight is 157 g/mol. The van der Waals surface area contributed by atoms with E-state index >= 15 is 0 Å². The van der Waals surface area contributed by atoms with Crippen LogP contribution < -0.4 is 0 Å². The third-order valence-electron chi connectivity index (χ3n) is 2.02. The van der Waals surface area contributed by atoms with Gasteiger partial charge in [0.15, 0.2) is 0 Å². The Balaban J connectivity index is 2.12. The number of carbonyl (C=O) groups is 1. The zero-order valence-corrected chi connectivity index (χ0v) is 7.07. The van der Waals surface area contributed by atoms with Crippen LogP contribution >= 0.6 is 11.8 Å². The Morgan fingerprint density at radius 3 is 2.80 bits per heavy atom. The maximum absolute atomic E-state index is 10.9. The van der Waals surface area contributed by atoms with Crippen molar-refractivity contribution in [3.63, 3.8) is 0 Å². The number of rotatable bonds is 0. The van der Waals surface area contributed by atoms with Gasteiger partial charge in [0.1, 0.15) is 0 Å². The van der Waals surface area contributed by atoms with E-state index in [-0.39, 0.29) is 0 Å². The predicted molar refractivity (Wildman–Crippen MR) is 41.8 cm³/mol. The summed E-state index contributed by atoms with van der Waals surface area (Å²) in [5, 5.41) is 0.516. The number of hydrogen-bond acceptors (Lipinski definition) is 2. The molecule has 2 nitrogen and oxygen atoms in total. The van der Waals surface area contributed by atoms with Crippen LogP contribution in [0.15, 0.2) is 0 Å². The second-order valence-electron chi connectivity index (χ2n) is 3.56. The van der Waals surface area contributed by atoms with Crippen molar-refractivity contribution in [1.82, 2.24) is 4.90 Å². The van der Waals surface area contributed by atoms with Crippen molar-refractivity contribution < 1.29 is 4.79 Å². The van der Waals surface area contributed by atoms with Crippen LogP contribution in [-0.2, 0) is 4.79 Å². The fourth-order valence-corrected chi connectivity index (χ4v) is 3.03. The maximum Gasteiger partial charge on any atom is 0.226 e. The third kappa shape index (κ3) is 0.764. The molecule has 0 aliphatic carbocycles. The van der Waals surface area contributed by atoms with E-state index in [1.807, 2.05) is 16.7 Å². The van der Waals surface area contributed by atoms with Gasteiger partial charge in [0.25, 0.3) is 0 Å². The van der Waals surface area contributed by atoms with Gasteiger partial charge in [0, 0.05) is 11.3 Å². The number of β-lactam (4-membered cyclic amide) rings is 1. The summed E-state index contributed by atoms with van der Waals surface area (Å²) in [6.45, 7) is 5.34. The number of fused-ring (bicyclic) bond motifs is 1. The fourth-order valence-electron chi connectivity index (χ4n) is 1.54. The molecule has 0 bridgehead atoms. The molecule has 0 saturated carbocycles. The Morgan fingerprint density at radius 1 is 1.70 bits per heavy atom. The van der Waals surface area contributed by atoms with Gasteiger partial charge in [0.2, 0.25) is 5.91 Å².